The van der Waals surface area contributed by atoms with Gasteiger partial charge in [-0.3, -0.25) is 9.59 Å². The summed E-state index contributed by atoms with van der Waals surface area (Å²) in [6, 6.07) is 15.6. The smallest absolute Gasteiger partial charge is 0.264 e. The van der Waals surface area contributed by atoms with E-state index in [0.717, 1.165) is 34.5 Å². The minimum absolute atomic E-state index is 0.00315. The number of pyridine rings is 2. The van der Waals surface area contributed by atoms with Gasteiger partial charge in [0, 0.05) is 49.0 Å². The van der Waals surface area contributed by atoms with Crippen LogP contribution in [0.3, 0.4) is 0 Å². The molecule has 1 aliphatic heterocycles. The molecule has 0 spiro atoms. The van der Waals surface area contributed by atoms with Crippen LogP contribution in [0.4, 0.5) is 5.82 Å². The summed E-state index contributed by atoms with van der Waals surface area (Å²) in [5, 5.41) is 1.66. The molecule has 0 unspecified atom stereocenters. The number of rotatable bonds is 3. The van der Waals surface area contributed by atoms with Crippen molar-refractivity contribution in [2.45, 2.75) is 13.5 Å². The molecule has 4 heterocycles. The van der Waals surface area contributed by atoms with Crippen LogP contribution in [0.15, 0.2) is 59.5 Å². The standard InChI is InChI=1S/C23H22N4O2S/c1-2-27-18-8-4-3-7-16(18)21-17(22(27)28)15-19(30-21)23(29)26-13-11-25(12-14-26)20-9-5-6-10-24-20/h3-10,15H,2,11-14H2,1H3. The van der Waals surface area contributed by atoms with Crippen molar-refractivity contribution in [2.75, 3.05) is 31.1 Å². The van der Waals surface area contributed by atoms with Crippen molar-refractivity contribution in [1.82, 2.24) is 14.5 Å². The number of anilines is 1. The Morgan fingerprint density at radius 3 is 2.53 bits per heavy atom. The van der Waals surface area contributed by atoms with E-state index in [9.17, 15) is 9.59 Å². The van der Waals surface area contributed by atoms with Crippen molar-refractivity contribution >= 4 is 44.1 Å². The van der Waals surface area contributed by atoms with Crippen LogP contribution in [0.1, 0.15) is 16.6 Å². The molecule has 6 nitrogen and oxygen atoms in total. The van der Waals surface area contributed by atoms with E-state index in [-0.39, 0.29) is 11.5 Å². The van der Waals surface area contributed by atoms with Gasteiger partial charge in [-0.15, -0.1) is 11.3 Å². The summed E-state index contributed by atoms with van der Waals surface area (Å²) in [6.45, 7) is 5.36. The van der Waals surface area contributed by atoms with E-state index in [1.165, 1.54) is 11.3 Å². The van der Waals surface area contributed by atoms with Crippen LogP contribution in [0.25, 0.3) is 21.0 Å². The number of benzene rings is 1. The monoisotopic (exact) mass is 418 g/mol. The van der Waals surface area contributed by atoms with Crippen LogP contribution < -0.4 is 10.5 Å². The van der Waals surface area contributed by atoms with Gasteiger partial charge >= 0.3 is 0 Å². The van der Waals surface area contributed by atoms with Gasteiger partial charge in [0.15, 0.2) is 0 Å². The van der Waals surface area contributed by atoms with Crippen LogP contribution in [0.2, 0.25) is 0 Å². The molecule has 7 heteroatoms. The molecule has 3 aromatic heterocycles. The van der Waals surface area contributed by atoms with E-state index >= 15 is 0 Å². The van der Waals surface area contributed by atoms with E-state index < -0.39 is 0 Å². The van der Waals surface area contributed by atoms with E-state index in [2.05, 4.69) is 9.88 Å². The fourth-order valence-corrected chi connectivity index (χ4v) is 5.31. The summed E-state index contributed by atoms with van der Waals surface area (Å²) in [5.41, 5.74) is 0.892. The van der Waals surface area contributed by atoms with Crippen molar-refractivity contribution in [3.8, 4) is 0 Å². The molecule has 1 aromatic carbocycles. The summed E-state index contributed by atoms with van der Waals surface area (Å²) in [4.78, 5) is 35.3. The zero-order valence-corrected chi connectivity index (χ0v) is 17.6. The number of aryl methyl sites for hydroxylation is 1. The van der Waals surface area contributed by atoms with Gasteiger partial charge in [-0.1, -0.05) is 24.3 Å². The Kier molecular flexibility index (Phi) is 4.75. The molecule has 0 bridgehead atoms. The van der Waals surface area contributed by atoms with Gasteiger partial charge in [0.05, 0.1) is 15.8 Å². The Morgan fingerprint density at radius 1 is 1.03 bits per heavy atom. The number of fused-ring (bicyclic) bond motifs is 3. The highest BCUT2D eigenvalue weighted by Gasteiger charge is 2.25. The first-order chi connectivity index (χ1) is 14.7. The third-order valence-corrected chi connectivity index (χ3v) is 6.87. The number of para-hydroxylation sites is 1. The highest BCUT2D eigenvalue weighted by molar-refractivity contribution is 7.21. The Balaban J connectivity index is 1.46. The molecule has 1 aliphatic rings. The van der Waals surface area contributed by atoms with E-state index in [4.69, 9.17) is 0 Å². The molecule has 0 radical (unpaired) electrons. The lowest BCUT2D eigenvalue weighted by atomic mass is 10.1. The SMILES string of the molecule is CCn1c(=O)c2cc(C(=O)N3CCN(c4ccccn4)CC3)sc2c2ccccc21. The molecule has 0 aliphatic carbocycles. The lowest BCUT2D eigenvalue weighted by Crippen LogP contribution is -2.48. The van der Waals surface area contributed by atoms with Crippen molar-refractivity contribution in [1.29, 1.82) is 0 Å². The number of hydrogen-bond acceptors (Lipinski definition) is 5. The fraction of sp³-hybridized carbons (Fsp3) is 0.261. The molecular weight excluding hydrogens is 396 g/mol. The van der Waals surface area contributed by atoms with Crippen LogP contribution in [0.5, 0.6) is 0 Å². The van der Waals surface area contributed by atoms with Gasteiger partial charge in [0.1, 0.15) is 5.82 Å². The molecule has 0 saturated carbocycles. The van der Waals surface area contributed by atoms with E-state index in [0.29, 0.717) is 29.9 Å². The van der Waals surface area contributed by atoms with Crippen LogP contribution in [-0.4, -0.2) is 46.5 Å². The fourth-order valence-electron chi connectivity index (χ4n) is 4.16. The maximum Gasteiger partial charge on any atom is 0.264 e. The van der Waals surface area contributed by atoms with Crippen molar-refractivity contribution in [3.63, 3.8) is 0 Å². The normalized spacial score (nSPS) is 14.6. The van der Waals surface area contributed by atoms with E-state index in [1.54, 1.807) is 16.8 Å². The first-order valence-electron chi connectivity index (χ1n) is 10.2. The summed E-state index contributed by atoms with van der Waals surface area (Å²) in [5.74, 6) is 0.946. The minimum Gasteiger partial charge on any atom is -0.353 e. The van der Waals surface area contributed by atoms with E-state index in [1.807, 2.05) is 54.3 Å². The van der Waals surface area contributed by atoms with Crippen LogP contribution in [0, 0.1) is 0 Å². The quantitative estimate of drug-likeness (QED) is 0.510. The number of aromatic nitrogens is 2. The number of thiophene rings is 1. The predicted octanol–water partition coefficient (Wildman–Crippen LogP) is 3.59. The largest absolute Gasteiger partial charge is 0.353 e. The Bertz CT molecular complexity index is 1290. The predicted molar refractivity (Wildman–Crippen MR) is 122 cm³/mol. The third-order valence-electron chi connectivity index (χ3n) is 5.71. The van der Waals surface area contributed by atoms with Crippen LogP contribution in [-0.2, 0) is 6.54 Å². The summed E-state index contributed by atoms with van der Waals surface area (Å²) in [6.07, 6.45) is 1.79. The maximum absolute atomic E-state index is 13.2. The second-order valence-corrected chi connectivity index (χ2v) is 8.44. The Hall–Kier alpha value is -3.19. The molecule has 4 aromatic rings. The zero-order chi connectivity index (χ0) is 20.7. The summed E-state index contributed by atoms with van der Waals surface area (Å²) in [7, 11) is 0. The topological polar surface area (TPSA) is 58.4 Å². The first kappa shape index (κ1) is 18.8. The molecule has 1 fully saturated rings. The Labute approximate surface area is 178 Å². The van der Waals surface area contributed by atoms with Gasteiger partial charge in [-0.2, -0.15) is 0 Å². The number of amides is 1. The van der Waals surface area contributed by atoms with Crippen LogP contribution >= 0.6 is 11.3 Å². The highest BCUT2D eigenvalue weighted by atomic mass is 32.1. The van der Waals surface area contributed by atoms with Gasteiger partial charge in [-0.25, -0.2) is 4.98 Å². The summed E-state index contributed by atoms with van der Waals surface area (Å²) < 4.78 is 2.68. The molecule has 1 amide bonds. The number of nitrogens with zero attached hydrogens (tertiary/aromatic N) is 4. The number of carbonyl (C=O) groups excluding carboxylic acids is 1. The molecule has 30 heavy (non-hydrogen) atoms. The van der Waals surface area contributed by atoms with Crippen molar-refractivity contribution in [3.05, 3.63) is 70.0 Å². The second-order valence-electron chi connectivity index (χ2n) is 7.39. The van der Waals surface area contributed by atoms with Gasteiger partial charge in [0.25, 0.3) is 11.5 Å². The maximum atomic E-state index is 13.2. The molecule has 0 N–H and O–H groups in total. The molecule has 152 valence electrons. The molecule has 5 rings (SSSR count). The first-order valence-corrected chi connectivity index (χ1v) is 11.0. The second kappa shape index (κ2) is 7.57. The van der Waals surface area contributed by atoms with Crippen molar-refractivity contribution in [2.24, 2.45) is 0 Å². The third kappa shape index (κ3) is 3.06. The van der Waals surface area contributed by atoms with Crippen molar-refractivity contribution < 1.29 is 4.79 Å². The van der Waals surface area contributed by atoms with Gasteiger partial charge < -0.3 is 14.4 Å². The average Bonchev–Trinajstić information content (AvgIpc) is 3.26. The molecule has 1 saturated heterocycles. The zero-order valence-electron chi connectivity index (χ0n) is 16.7. The summed E-state index contributed by atoms with van der Waals surface area (Å²) >= 11 is 1.43. The van der Waals surface area contributed by atoms with Gasteiger partial charge in [-0.05, 0) is 31.2 Å². The highest BCUT2D eigenvalue weighted by Crippen LogP contribution is 2.31. The molecular formula is C23H22N4O2S. The van der Waals surface area contributed by atoms with Gasteiger partial charge in [0.2, 0.25) is 0 Å². The minimum atomic E-state index is -0.0264. The number of hydrogen-bond donors (Lipinski definition) is 0. The Morgan fingerprint density at radius 2 is 1.80 bits per heavy atom. The lowest BCUT2D eigenvalue weighted by molar-refractivity contribution is 0.0751. The lowest BCUT2D eigenvalue weighted by Gasteiger charge is -2.35. The molecule has 0 atom stereocenters. The number of carbonyl (C=O) groups is 1. The average molecular weight is 419 g/mol. The number of piperazine rings is 1.